The number of thiazole rings is 1. The van der Waals surface area contributed by atoms with Crippen LogP contribution in [0.4, 0.5) is 10.5 Å². The van der Waals surface area contributed by atoms with Gasteiger partial charge in [-0.3, -0.25) is 0 Å². The summed E-state index contributed by atoms with van der Waals surface area (Å²) in [5, 5.41) is 6.72. The number of urea groups is 1. The molecule has 2 aromatic carbocycles. The lowest BCUT2D eigenvalue weighted by Gasteiger charge is -2.11. The third-order valence-corrected chi connectivity index (χ3v) is 4.90. The molecule has 1 aromatic heterocycles. The first-order chi connectivity index (χ1) is 11.7. The summed E-state index contributed by atoms with van der Waals surface area (Å²) in [5.74, 6) is 0.856. The SMILES string of the molecule is COc1cccc(NC(=O)NCC(C)c2nc3ccccc3s2)c1. The highest BCUT2D eigenvalue weighted by Crippen LogP contribution is 2.26. The second-order valence-electron chi connectivity index (χ2n) is 5.49. The number of aromatic nitrogens is 1. The topological polar surface area (TPSA) is 63.2 Å². The van der Waals surface area contributed by atoms with E-state index < -0.39 is 0 Å². The van der Waals surface area contributed by atoms with Crippen LogP contribution in [0.5, 0.6) is 5.75 Å². The van der Waals surface area contributed by atoms with Crippen molar-refractivity contribution in [1.82, 2.24) is 10.3 Å². The molecule has 0 bridgehead atoms. The lowest BCUT2D eigenvalue weighted by Crippen LogP contribution is -2.31. The molecule has 0 spiro atoms. The molecule has 0 aliphatic carbocycles. The number of hydrogen-bond donors (Lipinski definition) is 2. The molecule has 24 heavy (non-hydrogen) atoms. The van der Waals surface area contributed by atoms with E-state index in [2.05, 4.69) is 28.6 Å². The molecule has 2 amide bonds. The molecule has 2 N–H and O–H groups in total. The largest absolute Gasteiger partial charge is 0.497 e. The minimum atomic E-state index is -0.240. The number of para-hydroxylation sites is 1. The van der Waals surface area contributed by atoms with Crippen LogP contribution in [-0.4, -0.2) is 24.7 Å². The summed E-state index contributed by atoms with van der Waals surface area (Å²) in [4.78, 5) is 16.7. The van der Waals surface area contributed by atoms with Gasteiger partial charge in [0.05, 0.1) is 22.3 Å². The maximum Gasteiger partial charge on any atom is 0.319 e. The van der Waals surface area contributed by atoms with Gasteiger partial charge in [0.1, 0.15) is 5.75 Å². The molecular formula is C18H19N3O2S. The summed E-state index contributed by atoms with van der Waals surface area (Å²) >= 11 is 1.67. The van der Waals surface area contributed by atoms with Crippen LogP contribution in [0.15, 0.2) is 48.5 Å². The fraction of sp³-hybridized carbons (Fsp3) is 0.222. The van der Waals surface area contributed by atoms with E-state index in [9.17, 15) is 4.79 Å². The van der Waals surface area contributed by atoms with E-state index in [0.29, 0.717) is 18.0 Å². The molecule has 3 aromatic rings. The highest BCUT2D eigenvalue weighted by molar-refractivity contribution is 7.18. The average molecular weight is 341 g/mol. The van der Waals surface area contributed by atoms with Crippen LogP contribution in [0.1, 0.15) is 17.8 Å². The highest BCUT2D eigenvalue weighted by Gasteiger charge is 2.13. The van der Waals surface area contributed by atoms with Gasteiger partial charge in [0, 0.05) is 24.2 Å². The van der Waals surface area contributed by atoms with E-state index in [0.717, 1.165) is 10.5 Å². The van der Waals surface area contributed by atoms with E-state index in [1.165, 1.54) is 4.70 Å². The normalized spacial score (nSPS) is 11.9. The van der Waals surface area contributed by atoms with Gasteiger partial charge in [-0.1, -0.05) is 25.1 Å². The second-order valence-corrected chi connectivity index (χ2v) is 6.55. The number of benzene rings is 2. The Kier molecular flexibility index (Phi) is 4.96. The first kappa shape index (κ1) is 16.3. The summed E-state index contributed by atoms with van der Waals surface area (Å²) < 4.78 is 6.31. The van der Waals surface area contributed by atoms with Gasteiger partial charge in [-0.05, 0) is 24.3 Å². The van der Waals surface area contributed by atoms with Crippen molar-refractivity contribution < 1.29 is 9.53 Å². The van der Waals surface area contributed by atoms with Gasteiger partial charge >= 0.3 is 6.03 Å². The fourth-order valence-corrected chi connectivity index (χ4v) is 3.33. The van der Waals surface area contributed by atoms with Gasteiger partial charge in [0.2, 0.25) is 0 Å². The molecule has 0 saturated carbocycles. The molecule has 1 atom stereocenters. The lowest BCUT2D eigenvalue weighted by molar-refractivity contribution is 0.251. The molecular weight excluding hydrogens is 322 g/mol. The Morgan fingerprint density at radius 2 is 2.08 bits per heavy atom. The summed E-state index contributed by atoms with van der Waals surface area (Å²) in [7, 11) is 1.60. The number of amides is 2. The molecule has 6 heteroatoms. The lowest BCUT2D eigenvalue weighted by atomic mass is 10.2. The van der Waals surface area contributed by atoms with Crippen LogP contribution in [0.25, 0.3) is 10.2 Å². The summed E-state index contributed by atoms with van der Waals surface area (Å²) in [6, 6.07) is 15.1. The number of nitrogens with one attached hydrogen (secondary N) is 2. The van der Waals surface area contributed by atoms with Crippen molar-refractivity contribution in [2.45, 2.75) is 12.8 Å². The monoisotopic (exact) mass is 341 g/mol. The molecule has 3 rings (SSSR count). The Hall–Kier alpha value is -2.60. The highest BCUT2D eigenvalue weighted by atomic mass is 32.1. The van der Waals surface area contributed by atoms with Crippen LogP contribution in [0.2, 0.25) is 0 Å². The standard InChI is InChI=1S/C18H19N3O2S/c1-12(17-21-15-8-3-4-9-16(15)24-17)11-19-18(22)20-13-6-5-7-14(10-13)23-2/h3-10,12H,11H2,1-2H3,(H2,19,20,22). The molecule has 0 aliphatic heterocycles. The Balaban J connectivity index is 1.57. The molecule has 0 fully saturated rings. The number of hydrogen-bond acceptors (Lipinski definition) is 4. The van der Waals surface area contributed by atoms with E-state index >= 15 is 0 Å². The minimum Gasteiger partial charge on any atom is -0.497 e. The summed E-state index contributed by atoms with van der Waals surface area (Å²) in [6.45, 7) is 2.58. The zero-order valence-electron chi connectivity index (χ0n) is 13.6. The first-order valence-electron chi connectivity index (χ1n) is 7.70. The molecule has 124 valence electrons. The number of carbonyl (C=O) groups excluding carboxylic acids is 1. The van der Waals surface area contributed by atoms with Crippen LogP contribution in [-0.2, 0) is 0 Å². The average Bonchev–Trinajstić information content (AvgIpc) is 3.04. The number of ether oxygens (including phenoxy) is 1. The third kappa shape index (κ3) is 3.83. The molecule has 0 aliphatic rings. The van der Waals surface area contributed by atoms with E-state index in [1.54, 1.807) is 24.5 Å². The predicted octanol–water partition coefficient (Wildman–Crippen LogP) is 4.23. The fourth-order valence-electron chi connectivity index (χ4n) is 2.31. The van der Waals surface area contributed by atoms with Crippen LogP contribution in [0.3, 0.4) is 0 Å². The van der Waals surface area contributed by atoms with E-state index in [1.807, 2.05) is 36.4 Å². The van der Waals surface area contributed by atoms with Crippen molar-refractivity contribution in [2.24, 2.45) is 0 Å². The van der Waals surface area contributed by atoms with Gasteiger partial charge < -0.3 is 15.4 Å². The second kappa shape index (κ2) is 7.31. The van der Waals surface area contributed by atoms with Gasteiger partial charge in [-0.2, -0.15) is 0 Å². The van der Waals surface area contributed by atoms with Crippen LogP contribution in [0, 0.1) is 0 Å². The zero-order chi connectivity index (χ0) is 16.9. The van der Waals surface area contributed by atoms with Gasteiger partial charge in [0.15, 0.2) is 0 Å². The van der Waals surface area contributed by atoms with Crippen molar-refractivity contribution in [3.05, 3.63) is 53.5 Å². The number of rotatable bonds is 5. The number of fused-ring (bicyclic) bond motifs is 1. The maximum atomic E-state index is 12.0. The molecule has 5 nitrogen and oxygen atoms in total. The van der Waals surface area contributed by atoms with E-state index in [4.69, 9.17) is 4.74 Å². The van der Waals surface area contributed by atoms with Crippen LogP contribution >= 0.6 is 11.3 Å². The minimum absolute atomic E-state index is 0.151. The molecule has 1 heterocycles. The smallest absolute Gasteiger partial charge is 0.319 e. The van der Waals surface area contributed by atoms with Gasteiger partial charge in [0.25, 0.3) is 0 Å². The Morgan fingerprint density at radius 3 is 2.88 bits per heavy atom. The van der Waals surface area contributed by atoms with E-state index in [-0.39, 0.29) is 11.9 Å². The molecule has 0 saturated heterocycles. The number of carbonyl (C=O) groups is 1. The number of anilines is 1. The van der Waals surface area contributed by atoms with Crippen molar-refractivity contribution in [1.29, 1.82) is 0 Å². The van der Waals surface area contributed by atoms with Crippen molar-refractivity contribution >= 4 is 33.3 Å². The predicted molar refractivity (Wildman–Crippen MR) is 98.1 cm³/mol. The van der Waals surface area contributed by atoms with Crippen molar-refractivity contribution in [3.8, 4) is 5.75 Å². The summed E-state index contributed by atoms with van der Waals surface area (Å²) in [6.07, 6.45) is 0. The quantitative estimate of drug-likeness (QED) is 0.730. The van der Waals surface area contributed by atoms with Gasteiger partial charge in [-0.15, -0.1) is 11.3 Å². The number of nitrogens with zero attached hydrogens (tertiary/aromatic N) is 1. The van der Waals surface area contributed by atoms with Gasteiger partial charge in [-0.25, -0.2) is 9.78 Å². The number of methoxy groups -OCH3 is 1. The van der Waals surface area contributed by atoms with Crippen molar-refractivity contribution in [2.75, 3.05) is 19.0 Å². The summed E-state index contributed by atoms with van der Waals surface area (Å²) in [5.41, 5.74) is 1.70. The third-order valence-electron chi connectivity index (χ3n) is 3.63. The Morgan fingerprint density at radius 1 is 1.25 bits per heavy atom. The Bertz CT molecular complexity index is 814. The molecule has 1 unspecified atom stereocenters. The first-order valence-corrected chi connectivity index (χ1v) is 8.51. The molecule has 0 radical (unpaired) electrons. The zero-order valence-corrected chi connectivity index (χ0v) is 14.4. The van der Waals surface area contributed by atoms with Crippen molar-refractivity contribution in [3.63, 3.8) is 0 Å². The maximum absolute atomic E-state index is 12.0. The Labute approximate surface area is 144 Å². The van der Waals surface area contributed by atoms with Crippen LogP contribution < -0.4 is 15.4 Å².